The first-order valence-electron chi connectivity index (χ1n) is 7.56. The van der Waals surface area contributed by atoms with Gasteiger partial charge in [0.05, 0.1) is 0 Å². The van der Waals surface area contributed by atoms with E-state index in [9.17, 15) is 9.59 Å². The van der Waals surface area contributed by atoms with Gasteiger partial charge in [-0.15, -0.1) is 0 Å². The molecule has 0 bridgehead atoms. The minimum atomic E-state index is -0.516. The van der Waals surface area contributed by atoms with Gasteiger partial charge in [-0.25, -0.2) is 9.59 Å². The number of anilines is 1. The number of rotatable bonds is 4. The van der Waals surface area contributed by atoms with Gasteiger partial charge in [0.2, 0.25) is 0 Å². The highest BCUT2D eigenvalue weighted by Crippen LogP contribution is 2.16. The van der Waals surface area contributed by atoms with E-state index in [1.807, 2.05) is 43.3 Å². The first-order chi connectivity index (χ1) is 11.5. The number of para-hydroxylation sites is 1. The molecule has 0 spiro atoms. The van der Waals surface area contributed by atoms with Gasteiger partial charge in [0.1, 0.15) is 5.75 Å². The summed E-state index contributed by atoms with van der Waals surface area (Å²) in [5.41, 5.74) is 2.74. The van der Waals surface area contributed by atoms with E-state index in [2.05, 4.69) is 10.6 Å². The molecule has 6 heteroatoms. The number of hydrogen-bond acceptors (Lipinski definition) is 3. The predicted molar refractivity (Wildman–Crippen MR) is 93.2 cm³/mol. The van der Waals surface area contributed by atoms with E-state index in [-0.39, 0.29) is 6.03 Å². The molecule has 0 radical (unpaired) electrons. The molecule has 0 aliphatic carbocycles. The first-order valence-corrected chi connectivity index (χ1v) is 7.56. The molecule has 0 aromatic heterocycles. The summed E-state index contributed by atoms with van der Waals surface area (Å²) >= 11 is 0. The van der Waals surface area contributed by atoms with Crippen LogP contribution in [0.5, 0.6) is 5.75 Å². The lowest BCUT2D eigenvalue weighted by molar-refractivity contribution is 0.203. The van der Waals surface area contributed by atoms with Gasteiger partial charge in [-0.05, 0) is 36.2 Å². The van der Waals surface area contributed by atoms with Gasteiger partial charge in [0.25, 0.3) is 0 Å². The summed E-state index contributed by atoms with van der Waals surface area (Å²) in [6.45, 7) is 2.39. The molecule has 126 valence electrons. The molecule has 0 fully saturated rings. The van der Waals surface area contributed by atoms with Crippen LogP contribution in [0.4, 0.5) is 15.3 Å². The van der Waals surface area contributed by atoms with Gasteiger partial charge < -0.3 is 20.3 Å². The highest BCUT2D eigenvalue weighted by atomic mass is 16.5. The Bertz CT molecular complexity index is 714. The standard InChI is InChI=1S/C18H21N3O3/c1-13-6-4-5-7-16(13)20-17(22)21(3)12-14-8-10-15(11-9-14)24-18(23)19-2/h4-11H,12H2,1-3H3,(H,19,23)(H,20,22). The largest absolute Gasteiger partial charge is 0.412 e. The molecule has 2 aromatic rings. The number of carbonyl (C=O) groups excluding carboxylic acids is 2. The molecule has 0 unspecified atom stereocenters. The van der Waals surface area contributed by atoms with Crippen molar-refractivity contribution in [1.82, 2.24) is 10.2 Å². The summed E-state index contributed by atoms with van der Waals surface area (Å²) in [6.07, 6.45) is -0.516. The second kappa shape index (κ2) is 8.01. The zero-order valence-electron chi connectivity index (χ0n) is 14.0. The maximum atomic E-state index is 12.3. The van der Waals surface area contributed by atoms with E-state index < -0.39 is 6.09 Å². The average molecular weight is 327 g/mol. The number of aryl methyl sites for hydroxylation is 1. The number of benzene rings is 2. The molecule has 0 saturated heterocycles. The highest BCUT2D eigenvalue weighted by molar-refractivity contribution is 5.89. The normalized spacial score (nSPS) is 9.96. The lowest BCUT2D eigenvalue weighted by atomic mass is 10.2. The third kappa shape index (κ3) is 4.74. The maximum absolute atomic E-state index is 12.3. The Hall–Kier alpha value is -3.02. The monoisotopic (exact) mass is 327 g/mol. The molecule has 0 heterocycles. The Morgan fingerprint density at radius 3 is 2.38 bits per heavy atom. The van der Waals surface area contributed by atoms with Crippen LogP contribution < -0.4 is 15.4 Å². The van der Waals surface area contributed by atoms with Crippen LogP contribution in [0.25, 0.3) is 0 Å². The fraction of sp³-hybridized carbons (Fsp3) is 0.222. The van der Waals surface area contributed by atoms with Crippen LogP contribution in [0.2, 0.25) is 0 Å². The van der Waals surface area contributed by atoms with E-state index >= 15 is 0 Å². The topological polar surface area (TPSA) is 70.7 Å². The minimum Gasteiger partial charge on any atom is -0.410 e. The molecule has 0 aliphatic heterocycles. The van der Waals surface area contributed by atoms with E-state index in [1.54, 1.807) is 24.1 Å². The van der Waals surface area contributed by atoms with Gasteiger partial charge in [0, 0.05) is 26.3 Å². The summed E-state index contributed by atoms with van der Waals surface area (Å²) in [7, 11) is 3.22. The van der Waals surface area contributed by atoms with Crippen LogP contribution >= 0.6 is 0 Å². The number of nitrogens with zero attached hydrogens (tertiary/aromatic N) is 1. The van der Waals surface area contributed by atoms with Crippen molar-refractivity contribution in [3.05, 3.63) is 59.7 Å². The molecule has 0 atom stereocenters. The second-order valence-electron chi connectivity index (χ2n) is 5.38. The molecule has 2 aromatic carbocycles. The van der Waals surface area contributed by atoms with Gasteiger partial charge in [-0.1, -0.05) is 30.3 Å². The lowest BCUT2D eigenvalue weighted by Gasteiger charge is -2.19. The van der Waals surface area contributed by atoms with Crippen LogP contribution in [0.3, 0.4) is 0 Å². The first kappa shape index (κ1) is 17.3. The molecule has 6 nitrogen and oxygen atoms in total. The van der Waals surface area contributed by atoms with Crippen LogP contribution in [0, 0.1) is 6.92 Å². The molecule has 3 amide bonds. The highest BCUT2D eigenvalue weighted by Gasteiger charge is 2.11. The Morgan fingerprint density at radius 1 is 1.08 bits per heavy atom. The number of amides is 3. The molecule has 2 rings (SSSR count). The average Bonchev–Trinajstić information content (AvgIpc) is 2.58. The predicted octanol–water partition coefficient (Wildman–Crippen LogP) is 3.38. The number of carbonyl (C=O) groups is 2. The van der Waals surface area contributed by atoms with Crippen molar-refractivity contribution in [3.8, 4) is 5.75 Å². The smallest absolute Gasteiger partial charge is 0.410 e. The van der Waals surface area contributed by atoms with Gasteiger partial charge in [-0.3, -0.25) is 0 Å². The van der Waals surface area contributed by atoms with Crippen LogP contribution in [-0.4, -0.2) is 31.1 Å². The Kier molecular flexibility index (Phi) is 5.78. The number of ether oxygens (including phenoxy) is 1. The lowest BCUT2D eigenvalue weighted by Crippen LogP contribution is -2.31. The van der Waals surface area contributed by atoms with Crippen molar-refractivity contribution >= 4 is 17.8 Å². The molecule has 0 aliphatic rings. The SMILES string of the molecule is CNC(=O)Oc1ccc(CN(C)C(=O)Nc2ccccc2C)cc1. The van der Waals surface area contributed by atoms with E-state index in [0.717, 1.165) is 16.8 Å². The second-order valence-corrected chi connectivity index (χ2v) is 5.38. The summed E-state index contributed by atoms with van der Waals surface area (Å²) in [4.78, 5) is 25.0. The molecule has 24 heavy (non-hydrogen) atoms. The zero-order valence-corrected chi connectivity index (χ0v) is 14.0. The van der Waals surface area contributed by atoms with Crippen molar-refractivity contribution in [2.24, 2.45) is 0 Å². The Morgan fingerprint density at radius 2 is 1.75 bits per heavy atom. The van der Waals surface area contributed by atoms with Crippen molar-refractivity contribution in [2.45, 2.75) is 13.5 Å². The van der Waals surface area contributed by atoms with Crippen LogP contribution in [-0.2, 0) is 6.54 Å². The van der Waals surface area contributed by atoms with Gasteiger partial charge in [0.15, 0.2) is 0 Å². The summed E-state index contributed by atoms with van der Waals surface area (Å²) < 4.78 is 5.02. The van der Waals surface area contributed by atoms with E-state index in [1.165, 1.54) is 7.05 Å². The van der Waals surface area contributed by atoms with E-state index in [4.69, 9.17) is 4.74 Å². The molecular formula is C18H21N3O3. The van der Waals surface area contributed by atoms with Crippen LogP contribution in [0.15, 0.2) is 48.5 Å². The number of hydrogen-bond donors (Lipinski definition) is 2. The van der Waals surface area contributed by atoms with Crippen molar-refractivity contribution in [3.63, 3.8) is 0 Å². The maximum Gasteiger partial charge on any atom is 0.412 e. The fourth-order valence-corrected chi connectivity index (χ4v) is 2.09. The van der Waals surface area contributed by atoms with Crippen LogP contribution in [0.1, 0.15) is 11.1 Å². The zero-order chi connectivity index (χ0) is 17.5. The Labute approximate surface area is 141 Å². The van der Waals surface area contributed by atoms with Gasteiger partial charge >= 0.3 is 12.1 Å². The van der Waals surface area contributed by atoms with Crippen molar-refractivity contribution in [2.75, 3.05) is 19.4 Å². The summed E-state index contributed by atoms with van der Waals surface area (Å²) in [6, 6.07) is 14.5. The third-order valence-electron chi connectivity index (χ3n) is 3.49. The van der Waals surface area contributed by atoms with Gasteiger partial charge in [-0.2, -0.15) is 0 Å². The molecule has 2 N–H and O–H groups in total. The Balaban J connectivity index is 1.94. The van der Waals surface area contributed by atoms with Crippen molar-refractivity contribution < 1.29 is 14.3 Å². The van der Waals surface area contributed by atoms with E-state index in [0.29, 0.717) is 12.3 Å². The molecule has 0 saturated carbocycles. The third-order valence-corrected chi connectivity index (χ3v) is 3.49. The summed E-state index contributed by atoms with van der Waals surface area (Å²) in [5.74, 6) is 0.449. The minimum absolute atomic E-state index is 0.185. The van der Waals surface area contributed by atoms with Crippen molar-refractivity contribution in [1.29, 1.82) is 0 Å². The molecular weight excluding hydrogens is 306 g/mol. The summed E-state index contributed by atoms with van der Waals surface area (Å²) in [5, 5.41) is 5.27. The number of urea groups is 1. The fourth-order valence-electron chi connectivity index (χ4n) is 2.09. The number of nitrogens with one attached hydrogen (secondary N) is 2. The quantitative estimate of drug-likeness (QED) is 0.904.